The molecule has 0 aliphatic rings. The molecule has 0 radical (unpaired) electrons. The molecule has 0 spiro atoms. The Bertz CT molecular complexity index is 402. The first-order valence-electron chi connectivity index (χ1n) is 16.2. The highest BCUT2D eigenvalue weighted by atomic mass is 16.6. The molecule has 0 aliphatic heterocycles. The molecule has 0 saturated heterocycles. The molecule has 0 rings (SSSR count). The monoisotopic (exact) mass is 511 g/mol. The van der Waals surface area contributed by atoms with Gasteiger partial charge in [-0.15, -0.1) is 0 Å². The predicted octanol–water partition coefficient (Wildman–Crippen LogP) is 10.5. The van der Waals surface area contributed by atoms with Gasteiger partial charge in [-0.2, -0.15) is 0 Å². The lowest BCUT2D eigenvalue weighted by Gasteiger charge is -2.22. The average Bonchev–Trinajstić information content (AvgIpc) is 2.88. The van der Waals surface area contributed by atoms with E-state index in [1.165, 1.54) is 141 Å². The van der Waals surface area contributed by atoms with Gasteiger partial charge in [0.1, 0.15) is 6.61 Å². The predicted molar refractivity (Wildman–Crippen MR) is 157 cm³/mol. The lowest BCUT2D eigenvalue weighted by Crippen LogP contribution is -2.34. The van der Waals surface area contributed by atoms with Crippen LogP contribution in [0.3, 0.4) is 0 Å². The van der Waals surface area contributed by atoms with Gasteiger partial charge in [0, 0.05) is 20.2 Å². The number of unbranched alkanes of at least 4 members (excludes halogenated alkanes) is 22. The molecule has 0 aromatic carbocycles. The Kier molecular flexibility index (Phi) is 29.8. The van der Waals surface area contributed by atoms with Crippen molar-refractivity contribution in [3.8, 4) is 0 Å². The second-order valence-corrected chi connectivity index (χ2v) is 10.9. The first-order valence-corrected chi connectivity index (χ1v) is 16.2. The molecule has 216 valence electrons. The molecule has 4 nitrogen and oxygen atoms in total. The van der Waals surface area contributed by atoms with Crippen LogP contribution in [0.15, 0.2) is 0 Å². The van der Waals surface area contributed by atoms with Gasteiger partial charge < -0.3 is 14.4 Å². The quantitative estimate of drug-likeness (QED) is 0.0937. The normalized spacial score (nSPS) is 11.2. The number of hydrogen-bond donors (Lipinski definition) is 0. The zero-order valence-electron chi connectivity index (χ0n) is 25.0. The summed E-state index contributed by atoms with van der Waals surface area (Å²) in [5.74, 6) is 0. The molecule has 0 saturated carbocycles. The van der Waals surface area contributed by atoms with E-state index < -0.39 is 0 Å². The third-order valence-corrected chi connectivity index (χ3v) is 7.33. The summed E-state index contributed by atoms with van der Waals surface area (Å²) in [6.07, 6.45) is 32.0. The molecule has 0 N–H and O–H groups in total. The first kappa shape index (κ1) is 35.2. The smallest absolute Gasteiger partial charge is 0.409 e. The van der Waals surface area contributed by atoms with Crippen LogP contribution in [0.4, 0.5) is 4.79 Å². The Morgan fingerprint density at radius 1 is 0.472 bits per heavy atom. The molecule has 0 aliphatic carbocycles. The van der Waals surface area contributed by atoms with Crippen molar-refractivity contribution >= 4 is 6.09 Å². The molecule has 1 amide bonds. The van der Waals surface area contributed by atoms with Crippen LogP contribution in [0.1, 0.15) is 168 Å². The fourth-order valence-electron chi connectivity index (χ4n) is 4.89. The Morgan fingerprint density at radius 2 is 0.778 bits per heavy atom. The number of carbonyl (C=O) groups excluding carboxylic acids is 1. The van der Waals surface area contributed by atoms with Crippen LogP contribution in [0, 0.1) is 0 Å². The molecule has 0 aromatic heterocycles. The van der Waals surface area contributed by atoms with Gasteiger partial charge in [0.2, 0.25) is 0 Å². The number of amides is 1. The van der Waals surface area contributed by atoms with E-state index in [9.17, 15) is 4.79 Å². The van der Waals surface area contributed by atoms with Crippen LogP contribution in [0.2, 0.25) is 0 Å². The van der Waals surface area contributed by atoms with Crippen molar-refractivity contribution in [2.75, 3.05) is 33.4 Å². The number of rotatable bonds is 29. The maximum Gasteiger partial charge on any atom is 0.409 e. The van der Waals surface area contributed by atoms with Gasteiger partial charge >= 0.3 is 6.09 Å². The molecule has 0 fully saturated rings. The van der Waals surface area contributed by atoms with E-state index in [4.69, 9.17) is 9.47 Å². The Hall–Kier alpha value is -0.770. The summed E-state index contributed by atoms with van der Waals surface area (Å²) in [4.78, 5) is 14.5. The van der Waals surface area contributed by atoms with Crippen molar-refractivity contribution < 1.29 is 14.3 Å². The second-order valence-electron chi connectivity index (χ2n) is 10.9. The van der Waals surface area contributed by atoms with Crippen molar-refractivity contribution in [2.24, 2.45) is 0 Å². The summed E-state index contributed by atoms with van der Waals surface area (Å²) in [5, 5.41) is 0. The molecular formula is C32H65NO3. The van der Waals surface area contributed by atoms with Gasteiger partial charge in [-0.25, -0.2) is 4.79 Å². The summed E-state index contributed by atoms with van der Waals surface area (Å²) in [6.45, 7) is 7.05. The number of ether oxygens (including phenoxy) is 2. The molecule has 0 atom stereocenters. The molecule has 4 heteroatoms. The molecule has 0 aromatic rings. The minimum atomic E-state index is -0.154. The standard InChI is InChI=1S/C32H65NO3/c1-4-6-8-10-12-14-16-18-20-22-24-26-28-33(32(34)36-31-30-35-3)29-27-25-23-21-19-17-15-13-11-9-7-5-2/h4-31H2,1-3H3. The lowest BCUT2D eigenvalue weighted by molar-refractivity contribution is 0.0708. The summed E-state index contributed by atoms with van der Waals surface area (Å²) >= 11 is 0. The molecule has 0 unspecified atom stereocenters. The second kappa shape index (κ2) is 30.5. The van der Waals surface area contributed by atoms with E-state index >= 15 is 0 Å². The van der Waals surface area contributed by atoms with Crippen LogP contribution in [0.5, 0.6) is 0 Å². The van der Waals surface area contributed by atoms with Crippen molar-refractivity contribution in [3.63, 3.8) is 0 Å². The van der Waals surface area contributed by atoms with Crippen LogP contribution >= 0.6 is 0 Å². The topological polar surface area (TPSA) is 38.8 Å². The zero-order valence-corrected chi connectivity index (χ0v) is 25.0. The van der Waals surface area contributed by atoms with Gasteiger partial charge in [-0.05, 0) is 12.8 Å². The van der Waals surface area contributed by atoms with Crippen molar-refractivity contribution in [1.29, 1.82) is 0 Å². The Labute approximate surface area is 226 Å². The minimum Gasteiger partial charge on any atom is -0.447 e. The molecule has 0 heterocycles. The van der Waals surface area contributed by atoms with Crippen molar-refractivity contribution in [2.45, 2.75) is 168 Å². The number of carbonyl (C=O) groups is 1. The minimum absolute atomic E-state index is 0.154. The van der Waals surface area contributed by atoms with E-state index in [2.05, 4.69) is 13.8 Å². The summed E-state index contributed by atoms with van der Waals surface area (Å²) in [5.41, 5.74) is 0. The van der Waals surface area contributed by atoms with E-state index in [1.54, 1.807) is 7.11 Å². The highest BCUT2D eigenvalue weighted by molar-refractivity contribution is 5.67. The van der Waals surface area contributed by atoms with E-state index in [-0.39, 0.29) is 6.09 Å². The maximum atomic E-state index is 12.5. The maximum absolute atomic E-state index is 12.5. The van der Waals surface area contributed by atoms with E-state index in [1.807, 2.05) is 4.90 Å². The summed E-state index contributed by atoms with van der Waals surface area (Å²) in [6, 6.07) is 0. The molecule has 36 heavy (non-hydrogen) atoms. The SMILES string of the molecule is CCCCCCCCCCCCCCN(CCCCCCCCCCCCCC)C(=O)OCCOC. The van der Waals surface area contributed by atoms with Crippen molar-refractivity contribution in [3.05, 3.63) is 0 Å². The van der Waals surface area contributed by atoms with E-state index in [0.717, 1.165) is 25.9 Å². The number of methoxy groups -OCH3 is 1. The van der Waals surface area contributed by atoms with Crippen molar-refractivity contribution in [1.82, 2.24) is 4.90 Å². The lowest BCUT2D eigenvalue weighted by atomic mass is 10.0. The third-order valence-electron chi connectivity index (χ3n) is 7.33. The summed E-state index contributed by atoms with van der Waals surface area (Å²) in [7, 11) is 1.64. The number of hydrogen-bond acceptors (Lipinski definition) is 3. The first-order chi connectivity index (χ1) is 17.8. The van der Waals surface area contributed by atoms with Gasteiger partial charge in [-0.3, -0.25) is 0 Å². The molecular weight excluding hydrogens is 446 g/mol. The fraction of sp³-hybridized carbons (Fsp3) is 0.969. The zero-order chi connectivity index (χ0) is 26.4. The van der Waals surface area contributed by atoms with Crippen LogP contribution in [-0.2, 0) is 9.47 Å². The molecule has 0 bridgehead atoms. The van der Waals surface area contributed by atoms with Crippen LogP contribution < -0.4 is 0 Å². The highest BCUT2D eigenvalue weighted by Gasteiger charge is 2.14. The largest absolute Gasteiger partial charge is 0.447 e. The van der Waals surface area contributed by atoms with Crippen LogP contribution in [-0.4, -0.2) is 44.4 Å². The highest BCUT2D eigenvalue weighted by Crippen LogP contribution is 2.14. The average molecular weight is 512 g/mol. The fourth-order valence-corrected chi connectivity index (χ4v) is 4.89. The van der Waals surface area contributed by atoms with Gasteiger partial charge in [0.05, 0.1) is 6.61 Å². The third kappa shape index (κ3) is 26.3. The van der Waals surface area contributed by atoms with E-state index in [0.29, 0.717) is 13.2 Å². The van der Waals surface area contributed by atoms with Crippen LogP contribution in [0.25, 0.3) is 0 Å². The van der Waals surface area contributed by atoms with Gasteiger partial charge in [-0.1, -0.05) is 155 Å². The van der Waals surface area contributed by atoms with Gasteiger partial charge in [0.25, 0.3) is 0 Å². The Balaban J connectivity index is 3.82. The number of nitrogens with zero attached hydrogens (tertiary/aromatic N) is 1. The Morgan fingerprint density at radius 3 is 1.08 bits per heavy atom. The summed E-state index contributed by atoms with van der Waals surface area (Å²) < 4.78 is 10.5. The van der Waals surface area contributed by atoms with Gasteiger partial charge in [0.15, 0.2) is 0 Å².